The molecule has 0 amide bonds. The van der Waals surface area contributed by atoms with Crippen LogP contribution in [-0.4, -0.2) is 15.9 Å². The lowest BCUT2D eigenvalue weighted by Crippen LogP contribution is -2.03. The molecule has 0 unspecified atom stereocenters. The summed E-state index contributed by atoms with van der Waals surface area (Å²) in [4.78, 5) is 20.5. The van der Waals surface area contributed by atoms with Crippen LogP contribution in [-0.2, 0) is 4.79 Å². The number of aromatic nitrogens is 2. The number of carbonyl (C=O) groups is 1. The molecular formula is C21H13FN2O3. The number of hydrogen-bond donors (Lipinski definition) is 0. The van der Waals surface area contributed by atoms with E-state index >= 15 is 0 Å². The van der Waals surface area contributed by atoms with Gasteiger partial charge in [-0.2, -0.15) is 0 Å². The van der Waals surface area contributed by atoms with Crippen molar-refractivity contribution < 1.29 is 18.3 Å². The van der Waals surface area contributed by atoms with Gasteiger partial charge in [-0.15, -0.1) is 0 Å². The van der Waals surface area contributed by atoms with Gasteiger partial charge in [0.25, 0.3) is 0 Å². The fourth-order valence-electron chi connectivity index (χ4n) is 2.46. The molecule has 0 bridgehead atoms. The first-order chi connectivity index (χ1) is 13.2. The Labute approximate surface area is 153 Å². The monoisotopic (exact) mass is 360 g/mol. The van der Waals surface area contributed by atoms with Gasteiger partial charge < -0.3 is 9.15 Å². The van der Waals surface area contributed by atoms with Gasteiger partial charge in [0.1, 0.15) is 22.8 Å². The topological polar surface area (TPSA) is 65.2 Å². The van der Waals surface area contributed by atoms with Gasteiger partial charge >= 0.3 is 5.97 Å². The van der Waals surface area contributed by atoms with Crippen molar-refractivity contribution in [2.45, 2.75) is 0 Å². The molecule has 2 aromatic carbocycles. The first-order valence-electron chi connectivity index (χ1n) is 8.15. The number of pyridine rings is 1. The van der Waals surface area contributed by atoms with Gasteiger partial charge in [0.15, 0.2) is 5.58 Å². The van der Waals surface area contributed by atoms with E-state index in [1.165, 1.54) is 18.2 Å². The molecule has 4 rings (SSSR count). The Morgan fingerprint density at radius 3 is 2.70 bits per heavy atom. The first kappa shape index (κ1) is 16.7. The molecule has 132 valence electrons. The van der Waals surface area contributed by atoms with Gasteiger partial charge in [-0.25, -0.2) is 14.2 Å². The van der Waals surface area contributed by atoms with Crippen molar-refractivity contribution in [3.8, 4) is 17.3 Å². The van der Waals surface area contributed by atoms with Crippen molar-refractivity contribution in [3.05, 3.63) is 84.3 Å². The average molecular weight is 360 g/mol. The highest BCUT2D eigenvalue weighted by Gasteiger charge is 2.11. The molecular weight excluding hydrogens is 347 g/mol. The molecule has 6 heteroatoms. The normalized spacial score (nSPS) is 11.1. The molecule has 0 aliphatic rings. The highest BCUT2D eigenvalue weighted by Crippen LogP contribution is 2.26. The molecule has 0 atom stereocenters. The fourth-order valence-corrected chi connectivity index (χ4v) is 2.46. The first-order valence-corrected chi connectivity index (χ1v) is 8.15. The highest BCUT2D eigenvalue weighted by molar-refractivity contribution is 5.89. The van der Waals surface area contributed by atoms with Gasteiger partial charge in [-0.3, -0.25) is 4.98 Å². The molecule has 27 heavy (non-hydrogen) atoms. The summed E-state index contributed by atoms with van der Waals surface area (Å²) in [7, 11) is 0. The van der Waals surface area contributed by atoms with Gasteiger partial charge in [0.05, 0.1) is 0 Å². The Balaban J connectivity index is 1.50. The number of ether oxygens (including phenoxy) is 1. The molecule has 0 aliphatic carbocycles. The molecule has 0 saturated carbocycles. The van der Waals surface area contributed by atoms with Gasteiger partial charge in [0, 0.05) is 18.3 Å². The summed E-state index contributed by atoms with van der Waals surface area (Å²) in [5.74, 6) is -0.159. The number of hydrogen-bond acceptors (Lipinski definition) is 5. The zero-order chi connectivity index (χ0) is 18.6. The van der Waals surface area contributed by atoms with Crippen LogP contribution >= 0.6 is 0 Å². The lowest BCUT2D eigenvalue weighted by Gasteiger charge is -2.00. The van der Waals surface area contributed by atoms with E-state index in [4.69, 9.17) is 9.15 Å². The van der Waals surface area contributed by atoms with E-state index in [-0.39, 0.29) is 5.82 Å². The van der Waals surface area contributed by atoms with Crippen LogP contribution in [0.1, 0.15) is 5.56 Å². The van der Waals surface area contributed by atoms with E-state index in [0.29, 0.717) is 34.0 Å². The van der Waals surface area contributed by atoms with Crippen LogP contribution in [0.3, 0.4) is 0 Å². The number of fused-ring (bicyclic) bond motifs is 1. The van der Waals surface area contributed by atoms with E-state index in [1.807, 2.05) is 12.1 Å². The summed E-state index contributed by atoms with van der Waals surface area (Å²) in [6.07, 6.45) is 4.48. The molecule has 2 aromatic heterocycles. The number of esters is 1. The van der Waals surface area contributed by atoms with Crippen LogP contribution in [0.25, 0.3) is 28.8 Å². The van der Waals surface area contributed by atoms with E-state index in [0.717, 1.165) is 0 Å². The van der Waals surface area contributed by atoms with Crippen LogP contribution in [0.15, 0.2) is 77.4 Å². The Morgan fingerprint density at radius 1 is 1.07 bits per heavy atom. The van der Waals surface area contributed by atoms with E-state index < -0.39 is 5.97 Å². The molecule has 0 aliphatic heterocycles. The number of benzene rings is 2. The van der Waals surface area contributed by atoms with Gasteiger partial charge in [-0.05, 0) is 48.0 Å². The van der Waals surface area contributed by atoms with E-state index in [1.54, 1.807) is 48.7 Å². The van der Waals surface area contributed by atoms with Crippen LogP contribution in [0, 0.1) is 5.82 Å². The minimum absolute atomic E-state index is 0.333. The second-order valence-electron chi connectivity index (χ2n) is 5.67. The third-order valence-corrected chi connectivity index (χ3v) is 3.74. The average Bonchev–Trinajstić information content (AvgIpc) is 3.12. The van der Waals surface area contributed by atoms with Crippen LogP contribution in [0.5, 0.6) is 5.75 Å². The number of nitrogens with zero attached hydrogens (tertiary/aromatic N) is 2. The van der Waals surface area contributed by atoms with Crippen molar-refractivity contribution in [1.29, 1.82) is 0 Å². The number of carbonyl (C=O) groups excluding carboxylic acids is 1. The lowest BCUT2D eigenvalue weighted by molar-refractivity contribution is -0.128. The quantitative estimate of drug-likeness (QED) is 0.301. The number of rotatable bonds is 4. The maximum atomic E-state index is 12.9. The summed E-state index contributed by atoms with van der Waals surface area (Å²) in [5.41, 5.74) is 2.44. The molecule has 2 heterocycles. The third-order valence-electron chi connectivity index (χ3n) is 3.74. The maximum Gasteiger partial charge on any atom is 0.336 e. The summed E-state index contributed by atoms with van der Waals surface area (Å²) in [6, 6.07) is 16.2. The zero-order valence-electron chi connectivity index (χ0n) is 14.0. The molecule has 0 N–H and O–H groups in total. The summed E-state index contributed by atoms with van der Waals surface area (Å²) in [6.45, 7) is 0. The van der Waals surface area contributed by atoms with Crippen LogP contribution < -0.4 is 4.74 Å². The number of oxazole rings is 1. The smallest absolute Gasteiger partial charge is 0.336 e. The zero-order valence-corrected chi connectivity index (χ0v) is 14.0. The SMILES string of the molecule is O=C(/C=C/c1ccc(F)cc1)Oc1ccc2nc(-c3ccccn3)oc2c1. The lowest BCUT2D eigenvalue weighted by atomic mass is 10.2. The second-order valence-corrected chi connectivity index (χ2v) is 5.67. The minimum Gasteiger partial charge on any atom is -0.435 e. The van der Waals surface area contributed by atoms with E-state index in [2.05, 4.69) is 9.97 Å². The van der Waals surface area contributed by atoms with Crippen molar-refractivity contribution in [3.63, 3.8) is 0 Å². The third kappa shape index (κ3) is 3.90. The maximum absolute atomic E-state index is 12.9. The van der Waals surface area contributed by atoms with Crippen molar-refractivity contribution >= 4 is 23.1 Å². The Morgan fingerprint density at radius 2 is 1.93 bits per heavy atom. The second kappa shape index (κ2) is 7.21. The van der Waals surface area contributed by atoms with Gasteiger partial charge in [0.2, 0.25) is 5.89 Å². The van der Waals surface area contributed by atoms with Crippen molar-refractivity contribution in [2.24, 2.45) is 0 Å². The Hall–Kier alpha value is -3.80. The molecule has 0 saturated heterocycles. The summed E-state index contributed by atoms with van der Waals surface area (Å²) < 4.78 is 23.9. The standard InChI is InChI=1S/C21H13FN2O3/c22-15-7-4-14(5-8-15)6-11-20(25)26-16-9-10-17-19(13-16)27-21(24-17)18-3-1-2-12-23-18/h1-13H/b11-6+. The Kier molecular flexibility index (Phi) is 4.45. The van der Waals surface area contributed by atoms with Crippen LogP contribution in [0.4, 0.5) is 4.39 Å². The molecule has 4 aromatic rings. The molecule has 0 radical (unpaired) electrons. The summed E-state index contributed by atoms with van der Waals surface area (Å²) >= 11 is 0. The predicted octanol–water partition coefficient (Wildman–Crippen LogP) is 4.65. The number of halogens is 1. The predicted molar refractivity (Wildman–Crippen MR) is 98.3 cm³/mol. The molecule has 0 fully saturated rings. The Bertz CT molecular complexity index is 1120. The van der Waals surface area contributed by atoms with Crippen LogP contribution in [0.2, 0.25) is 0 Å². The van der Waals surface area contributed by atoms with E-state index in [9.17, 15) is 9.18 Å². The molecule has 5 nitrogen and oxygen atoms in total. The summed E-state index contributed by atoms with van der Waals surface area (Å²) in [5, 5.41) is 0. The molecule has 0 spiro atoms. The largest absolute Gasteiger partial charge is 0.435 e. The van der Waals surface area contributed by atoms with Crippen molar-refractivity contribution in [1.82, 2.24) is 9.97 Å². The fraction of sp³-hybridized carbons (Fsp3) is 0. The minimum atomic E-state index is -0.553. The van der Waals surface area contributed by atoms with Gasteiger partial charge in [-0.1, -0.05) is 18.2 Å². The highest BCUT2D eigenvalue weighted by atomic mass is 19.1. The van der Waals surface area contributed by atoms with Crippen molar-refractivity contribution in [2.75, 3.05) is 0 Å².